The molecule has 0 amide bonds. The molecule has 0 radical (unpaired) electrons. The van der Waals surface area contributed by atoms with E-state index in [1.165, 1.54) is 116 Å². The number of rotatable bonds is 18. The Morgan fingerprint density at radius 1 is 0.654 bits per heavy atom. The van der Waals surface area contributed by atoms with Gasteiger partial charge in [-0.05, 0) is 25.7 Å². The first-order valence-electron chi connectivity index (χ1n) is 11.9. The predicted octanol–water partition coefficient (Wildman–Crippen LogP) is 7.23. The van der Waals surface area contributed by atoms with Gasteiger partial charge in [0.2, 0.25) is 0 Å². The van der Waals surface area contributed by atoms with Gasteiger partial charge in [-0.2, -0.15) is 0 Å². The molecule has 1 heterocycles. The first-order valence-corrected chi connectivity index (χ1v) is 11.9. The van der Waals surface area contributed by atoms with E-state index in [9.17, 15) is 0 Å². The number of aromatic nitrogens is 2. The van der Waals surface area contributed by atoms with Gasteiger partial charge in [0.05, 0.1) is 13.1 Å². The van der Waals surface area contributed by atoms with Crippen LogP contribution in [0.15, 0.2) is 12.4 Å². The van der Waals surface area contributed by atoms with E-state index in [1.807, 2.05) is 0 Å². The summed E-state index contributed by atoms with van der Waals surface area (Å²) in [6, 6.07) is 0. The van der Waals surface area contributed by atoms with E-state index in [0.29, 0.717) is 0 Å². The molecule has 0 bridgehead atoms. The first-order chi connectivity index (χ1) is 12.8. The van der Waals surface area contributed by atoms with Crippen molar-refractivity contribution in [3.8, 4) is 0 Å². The van der Waals surface area contributed by atoms with Crippen LogP contribution in [0, 0.1) is 0 Å². The molecule has 0 spiro atoms. The monoisotopic (exact) mass is 363 g/mol. The summed E-state index contributed by atoms with van der Waals surface area (Å²) in [6.45, 7) is 9.31. The number of imidazole rings is 1. The lowest BCUT2D eigenvalue weighted by Crippen LogP contribution is -2.37. The highest BCUT2D eigenvalue weighted by atomic mass is 15.1. The van der Waals surface area contributed by atoms with E-state index < -0.39 is 0 Å². The van der Waals surface area contributed by atoms with Crippen molar-refractivity contribution < 1.29 is 4.57 Å². The van der Waals surface area contributed by atoms with Crippen LogP contribution in [0.3, 0.4) is 0 Å². The number of nitrogens with zero attached hydrogens (tertiary/aromatic N) is 2. The van der Waals surface area contributed by atoms with Gasteiger partial charge in [0.15, 0.2) is 0 Å². The van der Waals surface area contributed by atoms with E-state index in [0.717, 1.165) is 0 Å². The molecular formula is C24H47N2+. The van der Waals surface area contributed by atoms with Crippen molar-refractivity contribution >= 4 is 0 Å². The summed E-state index contributed by atoms with van der Waals surface area (Å²) in [5, 5.41) is 0. The van der Waals surface area contributed by atoms with Gasteiger partial charge in [-0.3, -0.25) is 0 Å². The van der Waals surface area contributed by atoms with Crippen LogP contribution in [-0.2, 0) is 19.5 Å². The van der Waals surface area contributed by atoms with E-state index in [4.69, 9.17) is 0 Å². The van der Waals surface area contributed by atoms with Gasteiger partial charge in [0, 0.05) is 6.42 Å². The zero-order chi connectivity index (χ0) is 18.9. The molecule has 1 rings (SSSR count). The summed E-state index contributed by atoms with van der Waals surface area (Å²) in [5.41, 5.74) is 0. The van der Waals surface area contributed by atoms with Crippen LogP contribution >= 0.6 is 0 Å². The van der Waals surface area contributed by atoms with Gasteiger partial charge in [0.1, 0.15) is 12.4 Å². The highest BCUT2D eigenvalue weighted by Gasteiger charge is 2.16. The van der Waals surface area contributed by atoms with Crippen molar-refractivity contribution in [1.82, 2.24) is 4.57 Å². The molecule has 0 aromatic carbocycles. The third kappa shape index (κ3) is 10.4. The molecule has 152 valence electrons. The Morgan fingerprint density at radius 2 is 1.19 bits per heavy atom. The van der Waals surface area contributed by atoms with Crippen molar-refractivity contribution in [2.45, 2.75) is 137 Å². The van der Waals surface area contributed by atoms with E-state index in [2.05, 4.69) is 42.3 Å². The second-order valence-electron chi connectivity index (χ2n) is 8.09. The van der Waals surface area contributed by atoms with Crippen LogP contribution in [0.2, 0.25) is 0 Å². The van der Waals surface area contributed by atoms with Gasteiger partial charge in [-0.15, -0.1) is 0 Å². The lowest BCUT2D eigenvalue weighted by molar-refractivity contribution is -0.704. The van der Waals surface area contributed by atoms with E-state index >= 15 is 0 Å². The van der Waals surface area contributed by atoms with Crippen molar-refractivity contribution in [1.29, 1.82) is 0 Å². The minimum atomic E-state index is 1.20. The lowest BCUT2D eigenvalue weighted by Gasteiger charge is -2.06. The maximum Gasteiger partial charge on any atom is 0.256 e. The van der Waals surface area contributed by atoms with Crippen LogP contribution in [0.1, 0.15) is 123 Å². The number of hydrogen-bond acceptors (Lipinski definition) is 0. The maximum absolute atomic E-state index is 2.56. The average Bonchev–Trinajstić information content (AvgIpc) is 3.03. The number of aryl methyl sites for hydroxylation is 2. The van der Waals surface area contributed by atoms with E-state index in [-0.39, 0.29) is 0 Å². The van der Waals surface area contributed by atoms with Crippen molar-refractivity contribution in [3.05, 3.63) is 18.2 Å². The Morgan fingerprint density at radius 3 is 1.81 bits per heavy atom. The molecule has 0 aliphatic carbocycles. The molecule has 2 heteroatoms. The van der Waals surface area contributed by atoms with Crippen LogP contribution < -0.4 is 4.57 Å². The highest BCUT2D eigenvalue weighted by Crippen LogP contribution is 2.11. The Balaban J connectivity index is 2.36. The summed E-state index contributed by atoms with van der Waals surface area (Å²) < 4.78 is 5.10. The van der Waals surface area contributed by atoms with Crippen molar-refractivity contribution in [2.75, 3.05) is 0 Å². The summed E-state index contributed by atoms with van der Waals surface area (Å²) in [7, 11) is 0. The summed E-state index contributed by atoms with van der Waals surface area (Å²) >= 11 is 0. The molecule has 26 heavy (non-hydrogen) atoms. The molecule has 1 aromatic rings. The highest BCUT2D eigenvalue weighted by molar-refractivity contribution is 4.84. The second kappa shape index (κ2) is 16.4. The molecule has 0 saturated carbocycles. The summed E-state index contributed by atoms with van der Waals surface area (Å²) in [4.78, 5) is 0. The van der Waals surface area contributed by atoms with Gasteiger partial charge in [0.25, 0.3) is 5.82 Å². The fourth-order valence-corrected chi connectivity index (χ4v) is 3.82. The zero-order valence-electron chi connectivity index (χ0n) is 18.3. The average molecular weight is 364 g/mol. The standard InChI is InChI=1S/C24H47N2/c1-4-7-10-12-13-14-15-17-19-24-25(20-9-6-3)22-23-26(24)21-18-16-11-8-5-2/h22-23H,4-21H2,1-3H3/q+1. The fraction of sp³-hybridized carbons (Fsp3) is 0.875. The van der Waals surface area contributed by atoms with Crippen LogP contribution in [0.4, 0.5) is 0 Å². The Hall–Kier alpha value is -0.790. The Bertz CT molecular complexity index is 422. The SMILES string of the molecule is CCCCCCCCCCc1n(CCCC)cc[n+]1CCCCCCC. The van der Waals surface area contributed by atoms with Crippen LogP contribution in [0.25, 0.3) is 0 Å². The maximum atomic E-state index is 2.56. The minimum Gasteiger partial charge on any atom is -0.234 e. The zero-order valence-corrected chi connectivity index (χ0v) is 18.3. The largest absolute Gasteiger partial charge is 0.256 e. The minimum absolute atomic E-state index is 1.20. The molecule has 0 N–H and O–H groups in total. The predicted molar refractivity (Wildman–Crippen MR) is 115 cm³/mol. The van der Waals surface area contributed by atoms with Crippen molar-refractivity contribution in [2.24, 2.45) is 0 Å². The summed E-state index contributed by atoms with van der Waals surface area (Å²) in [5.74, 6) is 1.58. The van der Waals surface area contributed by atoms with E-state index in [1.54, 1.807) is 5.82 Å². The fourth-order valence-electron chi connectivity index (χ4n) is 3.82. The molecule has 0 fully saturated rings. The first kappa shape index (κ1) is 23.2. The topological polar surface area (TPSA) is 8.81 Å². The van der Waals surface area contributed by atoms with Gasteiger partial charge < -0.3 is 0 Å². The van der Waals surface area contributed by atoms with Gasteiger partial charge in [-0.25, -0.2) is 9.13 Å². The quantitative estimate of drug-likeness (QED) is 0.192. The molecule has 1 aromatic heterocycles. The van der Waals surface area contributed by atoms with Crippen molar-refractivity contribution in [3.63, 3.8) is 0 Å². The third-order valence-electron chi connectivity index (χ3n) is 5.60. The second-order valence-corrected chi connectivity index (χ2v) is 8.09. The Kier molecular flexibility index (Phi) is 14.7. The smallest absolute Gasteiger partial charge is 0.234 e. The van der Waals surface area contributed by atoms with Crippen LogP contribution in [0.5, 0.6) is 0 Å². The van der Waals surface area contributed by atoms with Gasteiger partial charge in [-0.1, -0.05) is 91.4 Å². The molecule has 0 atom stereocenters. The number of hydrogen-bond donors (Lipinski definition) is 0. The third-order valence-corrected chi connectivity index (χ3v) is 5.60. The van der Waals surface area contributed by atoms with Crippen LogP contribution in [-0.4, -0.2) is 4.57 Å². The molecular weight excluding hydrogens is 316 g/mol. The molecule has 0 aliphatic rings. The molecule has 0 saturated heterocycles. The summed E-state index contributed by atoms with van der Waals surface area (Å²) in [6.07, 6.45) is 26.7. The van der Waals surface area contributed by atoms with Gasteiger partial charge >= 0.3 is 0 Å². The molecule has 2 nitrogen and oxygen atoms in total. The molecule has 0 unspecified atom stereocenters. The lowest BCUT2D eigenvalue weighted by atomic mass is 10.1. The Labute approximate surface area is 164 Å². The normalized spacial score (nSPS) is 11.3. The number of unbranched alkanes of at least 4 members (excludes halogenated alkanes) is 12. The molecule has 0 aliphatic heterocycles.